The summed E-state index contributed by atoms with van der Waals surface area (Å²) in [5, 5.41) is 11.8. The second kappa shape index (κ2) is 6.94. The molecule has 1 heterocycles. The molecule has 0 radical (unpaired) electrons. The van der Waals surface area contributed by atoms with Crippen molar-refractivity contribution < 1.29 is 9.53 Å². The molecule has 0 aliphatic rings. The molecular formula is C14H19N5O2. The molecule has 0 aliphatic carbocycles. The van der Waals surface area contributed by atoms with E-state index in [4.69, 9.17) is 4.74 Å². The SMILES string of the molecule is COC(=O)CN(Cc1nnnn1-c1ccccc1)C(C)C. The van der Waals surface area contributed by atoms with E-state index in [9.17, 15) is 4.79 Å². The van der Waals surface area contributed by atoms with Crippen molar-refractivity contribution in [3.05, 3.63) is 36.2 Å². The second-order valence-electron chi connectivity index (χ2n) is 4.92. The second-order valence-corrected chi connectivity index (χ2v) is 4.92. The van der Waals surface area contributed by atoms with E-state index >= 15 is 0 Å². The monoisotopic (exact) mass is 289 g/mol. The first-order chi connectivity index (χ1) is 10.1. The van der Waals surface area contributed by atoms with Gasteiger partial charge in [0.25, 0.3) is 0 Å². The first-order valence-electron chi connectivity index (χ1n) is 6.75. The maximum atomic E-state index is 11.5. The molecule has 0 atom stereocenters. The van der Waals surface area contributed by atoms with E-state index < -0.39 is 0 Å². The predicted octanol–water partition coefficient (Wildman–Crippen LogP) is 1.05. The highest BCUT2D eigenvalue weighted by Gasteiger charge is 2.18. The van der Waals surface area contributed by atoms with Crippen LogP contribution in [0.25, 0.3) is 5.69 Å². The van der Waals surface area contributed by atoms with Crippen LogP contribution in [0.5, 0.6) is 0 Å². The molecule has 0 unspecified atom stereocenters. The maximum Gasteiger partial charge on any atom is 0.319 e. The van der Waals surface area contributed by atoms with E-state index in [0.29, 0.717) is 12.4 Å². The van der Waals surface area contributed by atoms with Crippen LogP contribution in [0.4, 0.5) is 0 Å². The highest BCUT2D eigenvalue weighted by Crippen LogP contribution is 2.10. The quantitative estimate of drug-likeness (QED) is 0.740. The van der Waals surface area contributed by atoms with Crippen LogP contribution in [0.15, 0.2) is 30.3 Å². The molecule has 7 nitrogen and oxygen atoms in total. The van der Waals surface area contributed by atoms with Crippen molar-refractivity contribution in [3.8, 4) is 5.69 Å². The Balaban J connectivity index is 2.19. The van der Waals surface area contributed by atoms with Gasteiger partial charge in [-0.1, -0.05) is 18.2 Å². The van der Waals surface area contributed by atoms with Crippen molar-refractivity contribution in [2.24, 2.45) is 0 Å². The topological polar surface area (TPSA) is 73.1 Å². The lowest BCUT2D eigenvalue weighted by Crippen LogP contribution is -2.36. The summed E-state index contributed by atoms with van der Waals surface area (Å²) in [6.45, 7) is 4.70. The number of ether oxygens (including phenoxy) is 1. The molecule has 0 N–H and O–H groups in total. The first-order valence-corrected chi connectivity index (χ1v) is 6.75. The normalized spacial score (nSPS) is 11.1. The molecule has 0 spiro atoms. The molecule has 0 saturated heterocycles. The van der Waals surface area contributed by atoms with Gasteiger partial charge in [0.15, 0.2) is 5.82 Å². The summed E-state index contributed by atoms with van der Waals surface area (Å²) in [5.41, 5.74) is 0.888. The van der Waals surface area contributed by atoms with Crippen molar-refractivity contribution >= 4 is 5.97 Å². The highest BCUT2D eigenvalue weighted by atomic mass is 16.5. The third-order valence-corrected chi connectivity index (χ3v) is 3.17. The molecule has 0 aliphatic heterocycles. The highest BCUT2D eigenvalue weighted by molar-refractivity contribution is 5.71. The summed E-state index contributed by atoms with van der Waals surface area (Å²) >= 11 is 0. The van der Waals surface area contributed by atoms with Gasteiger partial charge in [-0.15, -0.1) is 5.10 Å². The lowest BCUT2D eigenvalue weighted by molar-refractivity contribution is -0.142. The van der Waals surface area contributed by atoms with Gasteiger partial charge < -0.3 is 4.74 Å². The van der Waals surface area contributed by atoms with Crippen LogP contribution in [0.1, 0.15) is 19.7 Å². The lowest BCUT2D eigenvalue weighted by Gasteiger charge is -2.24. The average molecular weight is 289 g/mol. The fourth-order valence-corrected chi connectivity index (χ4v) is 1.91. The van der Waals surface area contributed by atoms with Crippen LogP contribution in [-0.4, -0.2) is 50.8 Å². The van der Waals surface area contributed by atoms with Gasteiger partial charge in [-0.3, -0.25) is 9.69 Å². The number of nitrogens with zero attached hydrogens (tertiary/aromatic N) is 5. The third kappa shape index (κ3) is 3.85. The van der Waals surface area contributed by atoms with Crippen LogP contribution >= 0.6 is 0 Å². The van der Waals surface area contributed by atoms with Crippen molar-refractivity contribution in [2.75, 3.05) is 13.7 Å². The van der Waals surface area contributed by atoms with E-state index in [0.717, 1.165) is 5.69 Å². The molecule has 7 heteroatoms. The molecule has 112 valence electrons. The Hall–Kier alpha value is -2.28. The van der Waals surface area contributed by atoms with Crippen LogP contribution in [-0.2, 0) is 16.1 Å². The summed E-state index contributed by atoms with van der Waals surface area (Å²) in [6.07, 6.45) is 0. The van der Waals surface area contributed by atoms with Gasteiger partial charge in [-0.05, 0) is 36.4 Å². The predicted molar refractivity (Wildman–Crippen MR) is 76.7 cm³/mol. The number of carbonyl (C=O) groups is 1. The minimum Gasteiger partial charge on any atom is -0.468 e. The molecule has 1 aromatic heterocycles. The molecule has 0 amide bonds. The average Bonchev–Trinajstić information content (AvgIpc) is 2.95. The molecule has 2 aromatic rings. The van der Waals surface area contributed by atoms with Crippen molar-refractivity contribution in [1.29, 1.82) is 0 Å². The van der Waals surface area contributed by atoms with Gasteiger partial charge in [-0.25, -0.2) is 0 Å². The number of hydrogen-bond acceptors (Lipinski definition) is 6. The number of hydrogen-bond donors (Lipinski definition) is 0. The van der Waals surface area contributed by atoms with Gasteiger partial charge >= 0.3 is 5.97 Å². The lowest BCUT2D eigenvalue weighted by atomic mass is 10.3. The first kappa shape index (κ1) is 15.1. The Morgan fingerprint density at radius 2 is 2.05 bits per heavy atom. The Bertz CT molecular complexity index is 582. The van der Waals surface area contributed by atoms with E-state index in [1.54, 1.807) is 4.68 Å². The number of methoxy groups -OCH3 is 1. The number of para-hydroxylation sites is 1. The number of tetrazole rings is 1. The Kier molecular flexibility index (Phi) is 4.99. The zero-order valence-corrected chi connectivity index (χ0v) is 12.4. The minimum absolute atomic E-state index is 0.171. The number of esters is 1. The fraction of sp³-hybridized carbons (Fsp3) is 0.429. The van der Waals surface area contributed by atoms with Crippen molar-refractivity contribution in [1.82, 2.24) is 25.1 Å². The summed E-state index contributed by atoms with van der Waals surface area (Å²) in [7, 11) is 1.38. The summed E-state index contributed by atoms with van der Waals surface area (Å²) in [4.78, 5) is 13.4. The Morgan fingerprint density at radius 1 is 1.33 bits per heavy atom. The van der Waals surface area contributed by atoms with Crippen LogP contribution in [0, 0.1) is 0 Å². The van der Waals surface area contributed by atoms with E-state index in [1.807, 2.05) is 49.1 Å². The van der Waals surface area contributed by atoms with Gasteiger partial charge in [0.1, 0.15) is 0 Å². The van der Waals surface area contributed by atoms with Gasteiger partial charge in [0.05, 0.1) is 25.9 Å². The molecule has 0 fully saturated rings. The summed E-state index contributed by atoms with van der Waals surface area (Å²) < 4.78 is 6.40. The standard InChI is InChI=1S/C14H19N5O2/c1-11(2)18(10-14(20)21-3)9-13-15-16-17-19(13)12-7-5-4-6-8-12/h4-8,11H,9-10H2,1-3H3. The van der Waals surface area contributed by atoms with Gasteiger partial charge in [0.2, 0.25) is 0 Å². The fourth-order valence-electron chi connectivity index (χ4n) is 1.91. The smallest absolute Gasteiger partial charge is 0.319 e. The Labute approximate surface area is 123 Å². The zero-order valence-electron chi connectivity index (χ0n) is 12.4. The molecule has 0 bridgehead atoms. The maximum absolute atomic E-state index is 11.5. The molecular weight excluding hydrogens is 270 g/mol. The molecule has 0 saturated carbocycles. The number of carbonyl (C=O) groups excluding carboxylic acids is 1. The molecule has 2 rings (SSSR count). The largest absolute Gasteiger partial charge is 0.468 e. The zero-order chi connectivity index (χ0) is 15.2. The van der Waals surface area contributed by atoms with Crippen LogP contribution in [0.2, 0.25) is 0 Å². The summed E-state index contributed by atoms with van der Waals surface area (Å²) in [5.74, 6) is 0.404. The van der Waals surface area contributed by atoms with E-state index in [1.165, 1.54) is 7.11 Å². The van der Waals surface area contributed by atoms with Gasteiger partial charge in [-0.2, -0.15) is 4.68 Å². The van der Waals surface area contributed by atoms with Crippen molar-refractivity contribution in [3.63, 3.8) is 0 Å². The van der Waals surface area contributed by atoms with Crippen LogP contribution in [0.3, 0.4) is 0 Å². The van der Waals surface area contributed by atoms with Crippen LogP contribution < -0.4 is 0 Å². The number of benzene rings is 1. The molecule has 21 heavy (non-hydrogen) atoms. The van der Waals surface area contributed by atoms with Crippen molar-refractivity contribution in [2.45, 2.75) is 26.4 Å². The van der Waals surface area contributed by atoms with E-state index in [-0.39, 0.29) is 18.6 Å². The third-order valence-electron chi connectivity index (χ3n) is 3.17. The Morgan fingerprint density at radius 3 is 2.67 bits per heavy atom. The minimum atomic E-state index is -0.276. The summed E-state index contributed by atoms with van der Waals surface area (Å²) in [6, 6.07) is 9.82. The number of aromatic nitrogens is 4. The molecule has 1 aromatic carbocycles. The van der Waals surface area contributed by atoms with Gasteiger partial charge in [0, 0.05) is 6.04 Å². The number of rotatable bonds is 6. The van der Waals surface area contributed by atoms with E-state index in [2.05, 4.69) is 15.5 Å².